The molecule has 0 aliphatic carbocycles. The van der Waals surface area contributed by atoms with Crippen LogP contribution in [0, 0.1) is 11.8 Å². The molecule has 1 saturated heterocycles. The number of amides is 1. The second kappa shape index (κ2) is 8.05. The van der Waals surface area contributed by atoms with E-state index in [1.807, 2.05) is 0 Å². The van der Waals surface area contributed by atoms with Crippen molar-refractivity contribution in [2.75, 3.05) is 19.6 Å². The lowest BCUT2D eigenvalue weighted by atomic mass is 9.96. The Bertz CT molecular complexity index is 639. The molecule has 0 bridgehead atoms. The Labute approximate surface area is 147 Å². The van der Waals surface area contributed by atoms with Gasteiger partial charge in [0.1, 0.15) is 0 Å². The van der Waals surface area contributed by atoms with Gasteiger partial charge >= 0.3 is 12.1 Å². The molecule has 2 N–H and O–H groups in total. The van der Waals surface area contributed by atoms with Crippen LogP contribution in [0.5, 0.6) is 0 Å². The van der Waals surface area contributed by atoms with E-state index < -0.39 is 30.5 Å². The number of rotatable bonds is 6. The third-order valence-corrected chi connectivity index (χ3v) is 4.59. The third-order valence-electron chi connectivity index (χ3n) is 4.22. The second-order valence-corrected chi connectivity index (χ2v) is 6.38. The van der Waals surface area contributed by atoms with Gasteiger partial charge in [-0.3, -0.25) is 9.59 Å². The molecule has 1 aliphatic heterocycles. The van der Waals surface area contributed by atoms with E-state index in [1.54, 1.807) is 24.3 Å². The summed E-state index contributed by atoms with van der Waals surface area (Å²) in [4.78, 5) is 24.2. The van der Waals surface area contributed by atoms with Gasteiger partial charge in [0, 0.05) is 37.6 Å². The van der Waals surface area contributed by atoms with Crippen LogP contribution in [0.3, 0.4) is 0 Å². The fourth-order valence-electron chi connectivity index (χ4n) is 2.83. The zero-order valence-electron chi connectivity index (χ0n) is 13.2. The molecule has 1 aliphatic rings. The summed E-state index contributed by atoms with van der Waals surface area (Å²) in [5.74, 6) is -5.20. The number of hydrogen-bond acceptors (Lipinski definition) is 3. The highest BCUT2D eigenvalue weighted by atomic mass is 35.5. The normalized spacial score (nSPS) is 21.3. The van der Waals surface area contributed by atoms with Gasteiger partial charge in [0.05, 0.1) is 11.8 Å². The highest BCUT2D eigenvalue weighted by molar-refractivity contribution is 6.31. The monoisotopic (exact) mass is 378 g/mol. The van der Waals surface area contributed by atoms with Crippen molar-refractivity contribution < 1.29 is 27.9 Å². The molecule has 0 unspecified atom stereocenters. The Morgan fingerprint density at radius 1 is 1.28 bits per heavy atom. The number of nitrogens with one attached hydrogen (secondary N) is 1. The molecular formula is C16H18ClF3N2O3. The van der Waals surface area contributed by atoms with Gasteiger partial charge in [-0.2, -0.15) is 13.2 Å². The summed E-state index contributed by atoms with van der Waals surface area (Å²) in [6, 6.07) is 6.99. The van der Waals surface area contributed by atoms with E-state index >= 15 is 0 Å². The van der Waals surface area contributed by atoms with E-state index in [1.165, 1.54) is 4.90 Å². The number of alkyl halides is 3. The van der Waals surface area contributed by atoms with Crippen LogP contribution in [-0.4, -0.2) is 47.7 Å². The maximum absolute atomic E-state index is 12.9. The van der Waals surface area contributed by atoms with Gasteiger partial charge in [0.2, 0.25) is 5.91 Å². The van der Waals surface area contributed by atoms with Crippen molar-refractivity contribution in [3.05, 3.63) is 34.9 Å². The van der Waals surface area contributed by atoms with Crippen LogP contribution in [0.15, 0.2) is 24.3 Å². The smallest absolute Gasteiger partial charge is 0.393 e. The highest BCUT2D eigenvalue weighted by Crippen LogP contribution is 2.37. The Kier molecular flexibility index (Phi) is 6.29. The maximum atomic E-state index is 12.9. The number of carbonyl (C=O) groups is 2. The van der Waals surface area contributed by atoms with Crippen LogP contribution in [0.1, 0.15) is 12.0 Å². The minimum Gasteiger partial charge on any atom is -0.481 e. The zero-order valence-corrected chi connectivity index (χ0v) is 14.0. The van der Waals surface area contributed by atoms with Gasteiger partial charge in [0.15, 0.2) is 0 Å². The first-order chi connectivity index (χ1) is 11.7. The van der Waals surface area contributed by atoms with Gasteiger partial charge < -0.3 is 15.3 Å². The van der Waals surface area contributed by atoms with E-state index in [4.69, 9.17) is 16.7 Å². The minimum atomic E-state index is -4.57. The Hall–Kier alpha value is -1.80. The fourth-order valence-corrected chi connectivity index (χ4v) is 3.04. The number of benzene rings is 1. The van der Waals surface area contributed by atoms with Gasteiger partial charge in [-0.1, -0.05) is 29.8 Å². The number of likely N-dealkylation sites (tertiary alicyclic amines) is 1. The first-order valence-corrected chi connectivity index (χ1v) is 8.08. The van der Waals surface area contributed by atoms with Crippen LogP contribution in [0.25, 0.3) is 0 Å². The van der Waals surface area contributed by atoms with Gasteiger partial charge in [-0.05, 0) is 11.6 Å². The van der Waals surface area contributed by atoms with E-state index in [0.29, 0.717) is 5.02 Å². The molecule has 138 valence electrons. The summed E-state index contributed by atoms with van der Waals surface area (Å²) in [6.07, 6.45) is -4.58. The van der Waals surface area contributed by atoms with E-state index in [0.717, 1.165) is 5.56 Å². The first kappa shape index (κ1) is 19.5. The predicted octanol–water partition coefficient (Wildman–Crippen LogP) is 2.54. The van der Waals surface area contributed by atoms with Crippen LogP contribution in [0.2, 0.25) is 5.02 Å². The molecule has 1 heterocycles. The number of halogens is 4. The molecule has 9 heteroatoms. The fraction of sp³-hybridized carbons (Fsp3) is 0.500. The topological polar surface area (TPSA) is 69.6 Å². The van der Waals surface area contributed by atoms with E-state index in [9.17, 15) is 22.8 Å². The summed E-state index contributed by atoms with van der Waals surface area (Å²) >= 11 is 5.97. The summed E-state index contributed by atoms with van der Waals surface area (Å²) < 4.78 is 38.7. The molecule has 0 aromatic heterocycles. The summed E-state index contributed by atoms with van der Waals surface area (Å²) in [5, 5.41) is 12.1. The number of nitrogens with zero attached hydrogens (tertiary/aromatic N) is 1. The Balaban J connectivity index is 1.82. The molecule has 25 heavy (non-hydrogen) atoms. The van der Waals surface area contributed by atoms with Crippen molar-refractivity contribution in [1.82, 2.24) is 10.2 Å². The van der Waals surface area contributed by atoms with Crippen molar-refractivity contribution in [3.63, 3.8) is 0 Å². The van der Waals surface area contributed by atoms with Crippen molar-refractivity contribution >= 4 is 23.5 Å². The van der Waals surface area contributed by atoms with Crippen molar-refractivity contribution in [1.29, 1.82) is 0 Å². The quantitative estimate of drug-likeness (QED) is 0.798. The molecule has 0 radical (unpaired) electrons. The SMILES string of the molecule is O=C(CCN1C[C@@H](C(F)(F)F)[C@H](C(=O)O)C1)NCc1ccccc1Cl. The van der Waals surface area contributed by atoms with Crippen molar-refractivity contribution in [2.24, 2.45) is 11.8 Å². The zero-order chi connectivity index (χ0) is 18.6. The standard InChI is InChI=1S/C16H18ClF3N2O3/c17-13-4-2-1-3-10(13)7-21-14(23)5-6-22-8-11(15(24)25)12(9-22)16(18,19)20/h1-4,11-12H,5-9H2,(H,21,23)(H,24,25)/t11-,12-/m1/s1. The molecule has 1 fully saturated rings. The van der Waals surface area contributed by atoms with Crippen LogP contribution in [-0.2, 0) is 16.1 Å². The minimum absolute atomic E-state index is 0.0125. The lowest BCUT2D eigenvalue weighted by Gasteiger charge is -2.18. The van der Waals surface area contributed by atoms with E-state index in [-0.39, 0.29) is 32.0 Å². The first-order valence-electron chi connectivity index (χ1n) is 7.70. The molecule has 2 rings (SSSR count). The average Bonchev–Trinajstić information content (AvgIpc) is 2.97. The van der Waals surface area contributed by atoms with Crippen molar-refractivity contribution in [3.8, 4) is 0 Å². The van der Waals surface area contributed by atoms with Crippen LogP contribution < -0.4 is 5.32 Å². The van der Waals surface area contributed by atoms with Gasteiger partial charge in [-0.25, -0.2) is 0 Å². The van der Waals surface area contributed by atoms with Crippen molar-refractivity contribution in [2.45, 2.75) is 19.1 Å². The molecule has 1 aromatic rings. The average molecular weight is 379 g/mol. The number of carbonyl (C=O) groups excluding carboxylic acids is 1. The molecule has 0 saturated carbocycles. The number of carboxylic acids is 1. The van der Waals surface area contributed by atoms with E-state index in [2.05, 4.69) is 5.32 Å². The number of aliphatic carboxylic acids is 1. The lowest BCUT2D eigenvalue weighted by Crippen LogP contribution is -2.33. The number of carboxylic acid groups (broad SMARTS) is 1. The molecule has 2 atom stereocenters. The van der Waals surface area contributed by atoms with Gasteiger partial charge in [-0.15, -0.1) is 0 Å². The molecule has 1 aromatic carbocycles. The summed E-state index contributed by atoms with van der Waals surface area (Å²) in [6.45, 7) is -0.318. The molecule has 1 amide bonds. The third kappa shape index (κ3) is 5.34. The van der Waals surface area contributed by atoms with Gasteiger partial charge in [0.25, 0.3) is 0 Å². The van der Waals surface area contributed by atoms with Crippen LogP contribution in [0.4, 0.5) is 13.2 Å². The molecular weight excluding hydrogens is 361 g/mol. The largest absolute Gasteiger partial charge is 0.481 e. The highest BCUT2D eigenvalue weighted by Gasteiger charge is 2.52. The maximum Gasteiger partial charge on any atom is 0.393 e. The Morgan fingerprint density at radius 3 is 2.52 bits per heavy atom. The van der Waals surface area contributed by atoms with Crippen LogP contribution >= 0.6 is 11.6 Å². The molecule has 0 spiro atoms. The predicted molar refractivity (Wildman–Crippen MR) is 85.0 cm³/mol. The second-order valence-electron chi connectivity index (χ2n) is 5.97. The Morgan fingerprint density at radius 2 is 1.96 bits per heavy atom. The lowest BCUT2D eigenvalue weighted by molar-refractivity contribution is -0.188. The summed E-state index contributed by atoms with van der Waals surface area (Å²) in [5.41, 5.74) is 0.738. The summed E-state index contributed by atoms with van der Waals surface area (Å²) in [7, 11) is 0. The number of hydrogen-bond donors (Lipinski definition) is 2. The molecule has 5 nitrogen and oxygen atoms in total.